The van der Waals surface area contributed by atoms with Gasteiger partial charge in [0.1, 0.15) is 0 Å². The normalized spacial score (nSPS) is 12.0. The summed E-state index contributed by atoms with van der Waals surface area (Å²) in [6.07, 6.45) is 1.76. The first-order valence-corrected chi connectivity index (χ1v) is 7.16. The molecule has 21 heavy (non-hydrogen) atoms. The van der Waals surface area contributed by atoms with E-state index in [1.54, 1.807) is 13.3 Å². The molecule has 0 saturated heterocycles. The third-order valence-corrected chi connectivity index (χ3v) is 3.30. The third-order valence-electron chi connectivity index (χ3n) is 3.30. The molecule has 2 rings (SSSR count). The van der Waals surface area contributed by atoms with Crippen LogP contribution >= 0.6 is 0 Å². The number of benzene rings is 1. The van der Waals surface area contributed by atoms with Crippen LogP contribution in [0.15, 0.2) is 36.5 Å². The minimum absolute atomic E-state index is 0.264. The Balaban J connectivity index is 2.22. The molecule has 1 aromatic carbocycles. The molecule has 0 aliphatic rings. The van der Waals surface area contributed by atoms with Gasteiger partial charge < -0.3 is 14.8 Å². The van der Waals surface area contributed by atoms with Gasteiger partial charge in [-0.2, -0.15) is 0 Å². The lowest BCUT2D eigenvalue weighted by atomic mass is 10.1. The molecule has 1 aromatic heterocycles. The Bertz CT molecular complexity index is 599. The molecule has 4 nitrogen and oxygen atoms in total. The quantitative estimate of drug-likeness (QED) is 0.875. The van der Waals surface area contributed by atoms with Crippen LogP contribution in [0, 0.1) is 6.92 Å². The van der Waals surface area contributed by atoms with Gasteiger partial charge in [-0.3, -0.25) is 0 Å². The second-order valence-electron chi connectivity index (χ2n) is 4.96. The van der Waals surface area contributed by atoms with Crippen LogP contribution in [-0.4, -0.2) is 18.6 Å². The summed E-state index contributed by atoms with van der Waals surface area (Å²) < 4.78 is 11.2. The van der Waals surface area contributed by atoms with Crippen LogP contribution in [-0.2, 0) is 0 Å². The highest BCUT2D eigenvalue weighted by atomic mass is 16.5. The van der Waals surface area contributed by atoms with Crippen LogP contribution in [0.25, 0.3) is 0 Å². The molecule has 112 valence electrons. The maximum absolute atomic E-state index is 5.86. The first kappa shape index (κ1) is 15.3. The lowest BCUT2D eigenvalue weighted by Crippen LogP contribution is -2.17. The van der Waals surface area contributed by atoms with Gasteiger partial charge >= 0.3 is 0 Å². The fourth-order valence-corrected chi connectivity index (χ4v) is 2.15. The maximum atomic E-state index is 5.86. The van der Waals surface area contributed by atoms with Crippen molar-refractivity contribution in [3.63, 3.8) is 0 Å². The van der Waals surface area contributed by atoms with Gasteiger partial charge in [0, 0.05) is 18.3 Å². The SMILES string of the molecule is CCNC(C)c1ccnc(Oc2ccc(C)cc2OC)c1. The Morgan fingerprint density at radius 3 is 2.71 bits per heavy atom. The summed E-state index contributed by atoms with van der Waals surface area (Å²) in [4.78, 5) is 4.27. The molecule has 1 atom stereocenters. The summed E-state index contributed by atoms with van der Waals surface area (Å²) in [5, 5.41) is 3.37. The van der Waals surface area contributed by atoms with E-state index in [0.717, 1.165) is 17.7 Å². The lowest BCUT2D eigenvalue weighted by Gasteiger charge is -2.14. The number of pyridine rings is 1. The Morgan fingerprint density at radius 1 is 1.19 bits per heavy atom. The molecule has 2 aromatic rings. The van der Waals surface area contributed by atoms with Crippen molar-refractivity contribution in [2.75, 3.05) is 13.7 Å². The van der Waals surface area contributed by atoms with Gasteiger partial charge in [-0.1, -0.05) is 13.0 Å². The fourth-order valence-electron chi connectivity index (χ4n) is 2.15. The predicted octanol–water partition coefficient (Wildman–Crippen LogP) is 3.86. The first-order valence-electron chi connectivity index (χ1n) is 7.16. The standard InChI is InChI=1S/C17H22N2O2/c1-5-18-13(3)14-8-9-19-17(11-14)21-15-7-6-12(2)10-16(15)20-4/h6-11,13,18H,5H2,1-4H3. The fraction of sp³-hybridized carbons (Fsp3) is 0.353. The van der Waals surface area contributed by atoms with E-state index in [2.05, 4.69) is 24.1 Å². The van der Waals surface area contributed by atoms with Crippen molar-refractivity contribution >= 4 is 0 Å². The minimum atomic E-state index is 0.264. The highest BCUT2D eigenvalue weighted by Gasteiger charge is 2.09. The highest BCUT2D eigenvalue weighted by Crippen LogP contribution is 2.32. The lowest BCUT2D eigenvalue weighted by molar-refractivity contribution is 0.373. The molecule has 0 aliphatic carbocycles. The number of rotatable bonds is 6. The van der Waals surface area contributed by atoms with Crippen molar-refractivity contribution in [1.29, 1.82) is 0 Å². The van der Waals surface area contributed by atoms with Crippen LogP contribution in [0.5, 0.6) is 17.4 Å². The molecule has 0 amide bonds. The summed E-state index contributed by atoms with van der Waals surface area (Å²) in [7, 11) is 1.64. The van der Waals surface area contributed by atoms with Crippen molar-refractivity contribution < 1.29 is 9.47 Å². The van der Waals surface area contributed by atoms with Gasteiger partial charge in [-0.05, 0) is 49.7 Å². The molecule has 0 fully saturated rings. The van der Waals surface area contributed by atoms with Crippen molar-refractivity contribution in [1.82, 2.24) is 10.3 Å². The Hall–Kier alpha value is -2.07. The summed E-state index contributed by atoms with van der Waals surface area (Å²) in [5.74, 6) is 1.95. The van der Waals surface area contributed by atoms with Crippen molar-refractivity contribution in [3.05, 3.63) is 47.7 Å². The average Bonchev–Trinajstić information content (AvgIpc) is 2.49. The van der Waals surface area contributed by atoms with E-state index in [4.69, 9.17) is 9.47 Å². The Morgan fingerprint density at radius 2 is 2.00 bits per heavy atom. The largest absolute Gasteiger partial charge is 0.493 e. The van der Waals surface area contributed by atoms with E-state index in [-0.39, 0.29) is 6.04 Å². The molecule has 1 unspecified atom stereocenters. The molecule has 0 saturated carbocycles. The number of aryl methyl sites for hydroxylation is 1. The van der Waals surface area contributed by atoms with Crippen LogP contribution in [0.1, 0.15) is 31.0 Å². The van der Waals surface area contributed by atoms with Gasteiger partial charge in [0.05, 0.1) is 7.11 Å². The molecule has 0 aliphatic heterocycles. The van der Waals surface area contributed by atoms with E-state index < -0.39 is 0 Å². The smallest absolute Gasteiger partial charge is 0.219 e. The van der Waals surface area contributed by atoms with E-state index in [9.17, 15) is 0 Å². The molecule has 0 radical (unpaired) electrons. The molecule has 4 heteroatoms. The zero-order valence-corrected chi connectivity index (χ0v) is 13.0. The van der Waals surface area contributed by atoms with E-state index >= 15 is 0 Å². The molecule has 0 spiro atoms. The van der Waals surface area contributed by atoms with Crippen LogP contribution in [0.2, 0.25) is 0 Å². The number of hydrogen-bond acceptors (Lipinski definition) is 4. The van der Waals surface area contributed by atoms with Crippen molar-refractivity contribution in [2.45, 2.75) is 26.8 Å². The minimum Gasteiger partial charge on any atom is -0.493 e. The van der Waals surface area contributed by atoms with Crippen LogP contribution < -0.4 is 14.8 Å². The maximum Gasteiger partial charge on any atom is 0.219 e. The number of methoxy groups -OCH3 is 1. The topological polar surface area (TPSA) is 43.4 Å². The molecule has 1 heterocycles. The number of hydrogen-bond donors (Lipinski definition) is 1. The van der Waals surface area contributed by atoms with E-state index in [1.165, 1.54) is 0 Å². The Labute approximate surface area is 126 Å². The first-order chi connectivity index (χ1) is 10.1. The molecule has 1 N–H and O–H groups in total. The van der Waals surface area contributed by atoms with E-state index in [0.29, 0.717) is 17.4 Å². The summed E-state index contributed by atoms with van der Waals surface area (Å²) in [6.45, 7) is 7.15. The van der Waals surface area contributed by atoms with E-state index in [1.807, 2.05) is 37.3 Å². The average molecular weight is 286 g/mol. The van der Waals surface area contributed by atoms with Crippen LogP contribution in [0.3, 0.4) is 0 Å². The number of aromatic nitrogens is 1. The second-order valence-corrected chi connectivity index (χ2v) is 4.96. The van der Waals surface area contributed by atoms with Gasteiger partial charge in [0.2, 0.25) is 5.88 Å². The third kappa shape index (κ3) is 3.95. The van der Waals surface area contributed by atoms with Gasteiger partial charge in [-0.25, -0.2) is 4.98 Å². The monoisotopic (exact) mass is 286 g/mol. The summed E-state index contributed by atoms with van der Waals surface area (Å²) in [6, 6.07) is 10.0. The van der Waals surface area contributed by atoms with Crippen LogP contribution in [0.4, 0.5) is 0 Å². The molecular formula is C17H22N2O2. The number of nitrogens with zero attached hydrogens (tertiary/aromatic N) is 1. The molecule has 0 bridgehead atoms. The predicted molar refractivity (Wildman–Crippen MR) is 84.1 cm³/mol. The number of ether oxygens (including phenoxy) is 2. The second kappa shape index (κ2) is 7.09. The molecular weight excluding hydrogens is 264 g/mol. The zero-order valence-electron chi connectivity index (χ0n) is 13.0. The van der Waals surface area contributed by atoms with Gasteiger partial charge in [-0.15, -0.1) is 0 Å². The summed E-state index contributed by atoms with van der Waals surface area (Å²) >= 11 is 0. The van der Waals surface area contributed by atoms with Gasteiger partial charge in [0.25, 0.3) is 0 Å². The van der Waals surface area contributed by atoms with Crippen molar-refractivity contribution in [2.24, 2.45) is 0 Å². The van der Waals surface area contributed by atoms with Gasteiger partial charge in [0.15, 0.2) is 11.5 Å². The zero-order chi connectivity index (χ0) is 15.2. The highest BCUT2D eigenvalue weighted by molar-refractivity contribution is 5.44. The van der Waals surface area contributed by atoms with Crippen molar-refractivity contribution in [3.8, 4) is 17.4 Å². The Kier molecular flexibility index (Phi) is 5.17. The summed E-state index contributed by atoms with van der Waals surface area (Å²) in [5.41, 5.74) is 2.27. The number of nitrogens with one attached hydrogen (secondary N) is 1.